The molecule has 0 saturated heterocycles. The van der Waals surface area contributed by atoms with Crippen LogP contribution in [0.5, 0.6) is 0 Å². The smallest absolute Gasteiger partial charge is 0.130 e. The highest BCUT2D eigenvalue weighted by molar-refractivity contribution is 5.33. The van der Waals surface area contributed by atoms with E-state index in [0.717, 1.165) is 18.9 Å². The highest BCUT2D eigenvalue weighted by atomic mass is 19.1. The van der Waals surface area contributed by atoms with Crippen LogP contribution in [-0.2, 0) is 5.41 Å². The van der Waals surface area contributed by atoms with Crippen molar-refractivity contribution in [1.29, 1.82) is 0 Å². The van der Waals surface area contributed by atoms with Crippen LogP contribution in [0.2, 0.25) is 0 Å². The fourth-order valence-corrected chi connectivity index (χ4v) is 1.99. The van der Waals surface area contributed by atoms with E-state index in [1.165, 1.54) is 6.07 Å². The van der Waals surface area contributed by atoms with Crippen molar-refractivity contribution in [3.8, 4) is 0 Å². The highest BCUT2D eigenvalue weighted by Crippen LogP contribution is 2.36. The van der Waals surface area contributed by atoms with E-state index in [0.29, 0.717) is 5.56 Å². The Morgan fingerprint density at radius 2 is 2.07 bits per heavy atom. The quantitative estimate of drug-likeness (QED) is 0.599. The van der Waals surface area contributed by atoms with Gasteiger partial charge in [-0.05, 0) is 24.5 Å². The molecular weight excluding hydrogens is 182 g/mol. The summed E-state index contributed by atoms with van der Waals surface area (Å²) in [5.41, 5.74) is 0.338. The summed E-state index contributed by atoms with van der Waals surface area (Å²) in [7, 11) is 0. The second kappa shape index (κ2) is 3.19. The standard InChI is InChI=1S/C12H12F2/c1-12(6-2-3-7-12)10-5-4-9(13)8-11(10)14/h2,4-6,8H,3,7H2,1H3/t12-/m0/s1. The Labute approximate surface area is 82.3 Å². The molecule has 74 valence electrons. The third-order valence-corrected chi connectivity index (χ3v) is 2.86. The highest BCUT2D eigenvalue weighted by Gasteiger charge is 2.28. The number of benzene rings is 1. The van der Waals surface area contributed by atoms with Crippen molar-refractivity contribution in [2.45, 2.75) is 25.2 Å². The third-order valence-electron chi connectivity index (χ3n) is 2.86. The number of halogens is 2. The van der Waals surface area contributed by atoms with Gasteiger partial charge in [-0.3, -0.25) is 0 Å². The first-order valence-electron chi connectivity index (χ1n) is 4.75. The summed E-state index contributed by atoms with van der Waals surface area (Å²) in [5, 5.41) is 0. The van der Waals surface area contributed by atoms with Gasteiger partial charge in [-0.1, -0.05) is 25.1 Å². The minimum atomic E-state index is -0.517. The van der Waals surface area contributed by atoms with Gasteiger partial charge in [0.2, 0.25) is 0 Å². The van der Waals surface area contributed by atoms with Gasteiger partial charge in [0.25, 0.3) is 0 Å². The molecule has 0 aromatic heterocycles. The first-order valence-corrected chi connectivity index (χ1v) is 4.75. The van der Waals surface area contributed by atoms with Gasteiger partial charge >= 0.3 is 0 Å². The Morgan fingerprint density at radius 1 is 1.29 bits per heavy atom. The molecule has 14 heavy (non-hydrogen) atoms. The maximum atomic E-state index is 13.5. The minimum absolute atomic E-state index is 0.252. The van der Waals surface area contributed by atoms with E-state index < -0.39 is 11.6 Å². The number of rotatable bonds is 1. The van der Waals surface area contributed by atoms with Crippen LogP contribution in [0.25, 0.3) is 0 Å². The van der Waals surface area contributed by atoms with Crippen LogP contribution < -0.4 is 0 Å². The molecule has 0 spiro atoms. The van der Waals surface area contributed by atoms with E-state index in [1.54, 1.807) is 6.07 Å². The molecule has 0 nitrogen and oxygen atoms in total. The second-order valence-electron chi connectivity index (χ2n) is 3.98. The predicted molar refractivity (Wildman–Crippen MR) is 52.1 cm³/mol. The Morgan fingerprint density at radius 3 is 2.64 bits per heavy atom. The second-order valence-corrected chi connectivity index (χ2v) is 3.98. The number of hydrogen-bond donors (Lipinski definition) is 0. The first kappa shape index (κ1) is 9.38. The molecule has 1 atom stereocenters. The van der Waals surface area contributed by atoms with E-state index in [-0.39, 0.29) is 5.41 Å². The zero-order valence-corrected chi connectivity index (χ0v) is 8.06. The molecule has 0 bridgehead atoms. The maximum absolute atomic E-state index is 13.5. The Balaban J connectivity index is 2.46. The van der Waals surface area contributed by atoms with Gasteiger partial charge < -0.3 is 0 Å². The van der Waals surface area contributed by atoms with Crippen LogP contribution in [0, 0.1) is 11.6 Å². The normalized spacial score (nSPS) is 25.6. The van der Waals surface area contributed by atoms with Crippen LogP contribution in [0.15, 0.2) is 30.4 Å². The molecule has 0 radical (unpaired) electrons. The van der Waals surface area contributed by atoms with E-state index in [4.69, 9.17) is 0 Å². The molecule has 2 rings (SSSR count). The lowest BCUT2D eigenvalue weighted by Gasteiger charge is -2.22. The van der Waals surface area contributed by atoms with Crippen LogP contribution in [0.1, 0.15) is 25.3 Å². The molecule has 0 saturated carbocycles. The summed E-state index contributed by atoms with van der Waals surface area (Å²) < 4.78 is 26.2. The average Bonchev–Trinajstić information content (AvgIpc) is 2.52. The van der Waals surface area contributed by atoms with Gasteiger partial charge in [-0.15, -0.1) is 0 Å². The fraction of sp³-hybridized carbons (Fsp3) is 0.333. The lowest BCUT2D eigenvalue weighted by molar-refractivity contribution is 0.510. The maximum Gasteiger partial charge on any atom is 0.130 e. The topological polar surface area (TPSA) is 0 Å². The van der Waals surface area contributed by atoms with Gasteiger partial charge in [0.05, 0.1) is 0 Å². The predicted octanol–water partition coefficient (Wildman–Crippen LogP) is 3.57. The number of hydrogen-bond acceptors (Lipinski definition) is 0. The van der Waals surface area contributed by atoms with Crippen molar-refractivity contribution >= 4 is 0 Å². The molecule has 1 aliphatic carbocycles. The zero-order valence-electron chi connectivity index (χ0n) is 8.06. The van der Waals surface area contributed by atoms with Gasteiger partial charge in [0.1, 0.15) is 11.6 Å². The average molecular weight is 194 g/mol. The summed E-state index contributed by atoms with van der Waals surface area (Å²) in [5.74, 6) is -0.962. The van der Waals surface area contributed by atoms with E-state index in [9.17, 15) is 8.78 Å². The molecule has 0 unspecified atom stereocenters. The lowest BCUT2D eigenvalue weighted by atomic mass is 9.82. The molecular formula is C12H12F2. The molecule has 1 aromatic rings. The summed E-state index contributed by atoms with van der Waals surface area (Å²) in [4.78, 5) is 0. The number of allylic oxidation sites excluding steroid dienone is 2. The van der Waals surface area contributed by atoms with Gasteiger partial charge in [0.15, 0.2) is 0 Å². The van der Waals surface area contributed by atoms with Crippen molar-refractivity contribution < 1.29 is 8.78 Å². The van der Waals surface area contributed by atoms with Crippen LogP contribution in [0.3, 0.4) is 0 Å². The summed E-state index contributed by atoms with van der Waals surface area (Å²) in [6.45, 7) is 1.98. The molecule has 0 amide bonds. The van der Waals surface area contributed by atoms with Crippen LogP contribution in [-0.4, -0.2) is 0 Å². The minimum Gasteiger partial charge on any atom is -0.207 e. The summed E-state index contributed by atoms with van der Waals surface area (Å²) >= 11 is 0. The van der Waals surface area contributed by atoms with Crippen molar-refractivity contribution in [2.75, 3.05) is 0 Å². The molecule has 0 heterocycles. The monoisotopic (exact) mass is 194 g/mol. The summed E-state index contributed by atoms with van der Waals surface area (Å²) in [6, 6.07) is 3.81. The third kappa shape index (κ3) is 1.45. The van der Waals surface area contributed by atoms with Gasteiger partial charge in [-0.25, -0.2) is 8.78 Å². The zero-order chi connectivity index (χ0) is 10.2. The van der Waals surface area contributed by atoms with Gasteiger partial charge in [0, 0.05) is 11.5 Å². The van der Waals surface area contributed by atoms with Gasteiger partial charge in [-0.2, -0.15) is 0 Å². The first-order chi connectivity index (χ1) is 6.62. The lowest BCUT2D eigenvalue weighted by Crippen LogP contribution is -2.17. The van der Waals surface area contributed by atoms with Crippen molar-refractivity contribution in [2.24, 2.45) is 0 Å². The molecule has 0 fully saturated rings. The Bertz CT molecular complexity index is 382. The Hall–Kier alpha value is -1.18. The summed E-state index contributed by atoms with van der Waals surface area (Å²) in [6.07, 6.45) is 5.91. The molecule has 0 N–H and O–H groups in total. The van der Waals surface area contributed by atoms with E-state index in [1.807, 2.05) is 19.1 Å². The molecule has 1 aliphatic rings. The fourth-order valence-electron chi connectivity index (χ4n) is 1.99. The SMILES string of the molecule is C[C@]1(c2ccc(F)cc2F)C=CCC1. The van der Waals surface area contributed by atoms with Crippen molar-refractivity contribution in [3.63, 3.8) is 0 Å². The molecule has 2 heteroatoms. The Kier molecular flexibility index (Phi) is 2.14. The largest absolute Gasteiger partial charge is 0.207 e. The van der Waals surface area contributed by atoms with Crippen molar-refractivity contribution in [3.05, 3.63) is 47.5 Å². The van der Waals surface area contributed by atoms with E-state index >= 15 is 0 Å². The molecule has 0 aliphatic heterocycles. The van der Waals surface area contributed by atoms with Crippen LogP contribution >= 0.6 is 0 Å². The van der Waals surface area contributed by atoms with Crippen LogP contribution in [0.4, 0.5) is 8.78 Å². The van der Waals surface area contributed by atoms with Crippen molar-refractivity contribution in [1.82, 2.24) is 0 Å². The molecule has 1 aromatic carbocycles. The van der Waals surface area contributed by atoms with E-state index in [2.05, 4.69) is 0 Å².